The van der Waals surface area contributed by atoms with Crippen molar-refractivity contribution in [2.75, 3.05) is 13.2 Å². The molecule has 5 saturated carbocycles. The van der Waals surface area contributed by atoms with Gasteiger partial charge in [0, 0.05) is 29.7 Å². The largest absolute Gasteiger partial charge is 0.508 e. The molecule has 5 aliphatic rings. The normalized spacial score (nSPS) is 36.6. The first-order chi connectivity index (χ1) is 27.0. The van der Waals surface area contributed by atoms with Crippen LogP contribution in [0.2, 0.25) is 0 Å². The molecule has 7 nitrogen and oxygen atoms in total. The first-order valence-corrected chi connectivity index (χ1v) is 22.6. The average molecular weight is 787 g/mol. The van der Waals surface area contributed by atoms with Crippen LogP contribution in [-0.2, 0) is 28.6 Å². The highest BCUT2D eigenvalue weighted by molar-refractivity contribution is 5.87. The van der Waals surface area contributed by atoms with Crippen LogP contribution in [0.5, 0.6) is 5.75 Å². The molecule has 0 amide bonds. The maximum Gasteiger partial charge on any atom is 0.331 e. The molecule has 5 aliphatic carbocycles. The quantitative estimate of drug-likeness (QED) is 0.0621. The van der Waals surface area contributed by atoms with Gasteiger partial charge in [0.05, 0.1) is 13.2 Å². The molecule has 6 rings (SSSR count). The van der Waals surface area contributed by atoms with Crippen molar-refractivity contribution in [2.45, 2.75) is 164 Å². The Hall–Kier alpha value is -3.09. The summed E-state index contributed by atoms with van der Waals surface area (Å²) in [4.78, 5) is 37.9. The van der Waals surface area contributed by atoms with E-state index in [1.807, 2.05) is 6.92 Å². The molecule has 0 spiro atoms. The van der Waals surface area contributed by atoms with Gasteiger partial charge < -0.3 is 19.3 Å². The van der Waals surface area contributed by atoms with Gasteiger partial charge in [0.25, 0.3) is 0 Å². The topological polar surface area (TPSA) is 99.1 Å². The summed E-state index contributed by atoms with van der Waals surface area (Å²) in [5.74, 6) is 2.36. The predicted molar refractivity (Wildman–Crippen MR) is 226 cm³/mol. The number of hydrogen-bond acceptors (Lipinski definition) is 7. The number of rotatable bonds is 15. The Morgan fingerprint density at radius 2 is 1.44 bits per heavy atom. The van der Waals surface area contributed by atoms with Crippen molar-refractivity contribution in [1.29, 1.82) is 0 Å². The lowest BCUT2D eigenvalue weighted by atomic mass is 9.32. The summed E-state index contributed by atoms with van der Waals surface area (Å²) in [6, 6.07) is 6.83. The van der Waals surface area contributed by atoms with E-state index >= 15 is 0 Å². The van der Waals surface area contributed by atoms with Crippen molar-refractivity contribution in [3.63, 3.8) is 0 Å². The van der Waals surface area contributed by atoms with Gasteiger partial charge in [0.15, 0.2) is 0 Å². The number of carbonyl (C=O) groups is 3. The van der Waals surface area contributed by atoms with Crippen LogP contribution < -0.4 is 0 Å². The van der Waals surface area contributed by atoms with Gasteiger partial charge >= 0.3 is 17.9 Å². The molecule has 0 aromatic heterocycles. The number of phenolic OH excluding ortho intramolecular Hbond substituents is 1. The highest BCUT2D eigenvalue weighted by Crippen LogP contribution is 2.77. The molecule has 0 bridgehead atoms. The van der Waals surface area contributed by atoms with Crippen LogP contribution in [0.4, 0.5) is 0 Å². The van der Waals surface area contributed by atoms with Gasteiger partial charge in [-0.05, 0) is 161 Å². The van der Waals surface area contributed by atoms with Crippen molar-refractivity contribution >= 4 is 24.0 Å². The van der Waals surface area contributed by atoms with Crippen LogP contribution in [0.25, 0.3) is 6.08 Å². The molecule has 57 heavy (non-hydrogen) atoms. The molecule has 0 unspecified atom stereocenters. The van der Waals surface area contributed by atoms with Gasteiger partial charge in [-0.1, -0.05) is 78.2 Å². The third kappa shape index (κ3) is 8.38. The number of hydrogen-bond donors (Lipinski definition) is 1. The van der Waals surface area contributed by atoms with Crippen molar-refractivity contribution in [1.82, 2.24) is 0 Å². The fraction of sp³-hybridized carbons (Fsp3) is 0.740. The molecule has 0 heterocycles. The minimum atomic E-state index is -0.294. The Kier molecular flexibility index (Phi) is 13.2. The molecule has 1 aromatic carbocycles. The highest BCUT2D eigenvalue weighted by atomic mass is 16.5. The summed E-state index contributed by atoms with van der Waals surface area (Å²) >= 11 is 0. The molecule has 1 N–H and O–H groups in total. The van der Waals surface area contributed by atoms with Crippen LogP contribution in [-0.4, -0.2) is 42.3 Å². The maximum absolute atomic E-state index is 13.2. The van der Waals surface area contributed by atoms with Crippen molar-refractivity contribution < 1.29 is 33.7 Å². The first-order valence-electron chi connectivity index (χ1n) is 22.6. The van der Waals surface area contributed by atoms with Gasteiger partial charge in [-0.3, -0.25) is 9.59 Å². The summed E-state index contributed by atoms with van der Waals surface area (Å²) in [6.07, 6.45) is 20.1. The Balaban J connectivity index is 1.10. The molecule has 10 atom stereocenters. The number of ether oxygens (including phenoxy) is 3. The zero-order valence-electron chi connectivity index (χ0n) is 36.5. The number of aromatic hydroxyl groups is 1. The zero-order chi connectivity index (χ0) is 41.2. The van der Waals surface area contributed by atoms with E-state index in [4.69, 9.17) is 14.2 Å². The van der Waals surface area contributed by atoms with Gasteiger partial charge in [0.2, 0.25) is 0 Å². The van der Waals surface area contributed by atoms with Crippen molar-refractivity contribution in [3.05, 3.63) is 48.1 Å². The summed E-state index contributed by atoms with van der Waals surface area (Å²) in [5, 5.41) is 9.62. The van der Waals surface area contributed by atoms with E-state index in [9.17, 15) is 19.5 Å². The number of allylic oxidation sites excluding steroid dienone is 1. The van der Waals surface area contributed by atoms with Crippen molar-refractivity contribution in [2.24, 2.45) is 56.7 Å². The molecule has 0 aliphatic heterocycles. The van der Waals surface area contributed by atoms with Gasteiger partial charge in [-0.2, -0.15) is 0 Å². The minimum absolute atomic E-state index is 0.0293. The number of carbonyl (C=O) groups excluding carboxylic acids is 3. The second-order valence-corrected chi connectivity index (χ2v) is 20.5. The Bertz CT molecular complexity index is 1640. The van der Waals surface area contributed by atoms with Crippen molar-refractivity contribution in [3.8, 4) is 5.75 Å². The summed E-state index contributed by atoms with van der Waals surface area (Å²) in [5.41, 5.74) is 2.61. The van der Waals surface area contributed by atoms with Crippen LogP contribution in [0.3, 0.4) is 0 Å². The standard InChI is InChI=1S/C50H74O7/c1-9-55-42(52)15-13-11-10-12-14-16-43(53)56-33-50-30-25-37(34(2)3)45(50)38-22-23-40-47(6)28-27-41(57-44(54)24-19-35-17-20-36(51)21-18-35)46(4,5)39(47)26-29-49(40,8)48(38,7)31-32-50/h17-21,24,37-41,45,51H,2,9-16,22-23,25-33H2,1,3-8H3/b24-19+/t37-,38+,39-,40+,41-,45-,47+,48+,49+,50+/m0/s1. The Labute approximate surface area is 344 Å². The van der Waals surface area contributed by atoms with Gasteiger partial charge in [-0.25, -0.2) is 4.79 Å². The molecule has 1 aromatic rings. The summed E-state index contributed by atoms with van der Waals surface area (Å²) in [6.45, 7) is 22.2. The Morgan fingerprint density at radius 3 is 2.11 bits per heavy atom. The van der Waals surface area contributed by atoms with Crippen LogP contribution in [0.15, 0.2) is 42.5 Å². The van der Waals surface area contributed by atoms with E-state index in [1.165, 1.54) is 37.3 Å². The number of esters is 3. The van der Waals surface area contributed by atoms with E-state index in [0.717, 1.165) is 76.2 Å². The lowest BCUT2D eigenvalue weighted by Crippen LogP contribution is -2.67. The average Bonchev–Trinajstić information content (AvgIpc) is 3.55. The lowest BCUT2D eigenvalue weighted by molar-refractivity contribution is -0.251. The smallest absolute Gasteiger partial charge is 0.331 e. The third-order valence-electron chi connectivity index (χ3n) is 17.3. The van der Waals surface area contributed by atoms with Crippen LogP contribution >= 0.6 is 0 Å². The number of benzene rings is 1. The van der Waals surface area contributed by atoms with E-state index in [-0.39, 0.29) is 56.8 Å². The van der Waals surface area contributed by atoms with Crippen LogP contribution in [0, 0.1) is 56.7 Å². The third-order valence-corrected chi connectivity index (χ3v) is 17.3. The lowest BCUT2D eigenvalue weighted by Gasteiger charge is -2.73. The second-order valence-electron chi connectivity index (χ2n) is 20.5. The molecular formula is C50H74O7. The highest BCUT2D eigenvalue weighted by Gasteiger charge is 2.71. The van der Waals surface area contributed by atoms with E-state index < -0.39 is 0 Å². The van der Waals surface area contributed by atoms with Gasteiger partial charge in [-0.15, -0.1) is 0 Å². The number of fused-ring (bicyclic) bond motifs is 7. The van der Waals surface area contributed by atoms with E-state index in [0.29, 0.717) is 55.6 Å². The zero-order valence-corrected chi connectivity index (χ0v) is 36.5. The van der Waals surface area contributed by atoms with E-state index in [1.54, 1.807) is 30.3 Å². The fourth-order valence-corrected chi connectivity index (χ4v) is 14.3. The monoisotopic (exact) mass is 787 g/mol. The van der Waals surface area contributed by atoms with E-state index in [2.05, 4.69) is 48.1 Å². The maximum atomic E-state index is 13.2. The molecular weight excluding hydrogens is 713 g/mol. The Morgan fingerprint density at radius 1 is 0.772 bits per heavy atom. The fourth-order valence-electron chi connectivity index (χ4n) is 14.3. The number of phenols is 1. The minimum Gasteiger partial charge on any atom is -0.508 e. The van der Waals surface area contributed by atoms with Crippen LogP contribution in [0.1, 0.15) is 163 Å². The summed E-state index contributed by atoms with van der Waals surface area (Å²) in [7, 11) is 0. The molecule has 0 radical (unpaired) electrons. The molecule has 316 valence electrons. The molecule has 7 heteroatoms. The SMILES string of the molecule is C=C(C)[C@@H]1CC[C@]2(COC(=O)CCCCCCCC(=O)OCC)CC[C@]3(C)[C@H](CC[C@@H]4[C@]5(C)CC[C@H](OC(=O)/C=C/c6ccc(O)cc6)C(C)(C)[C@@H]5CC[C@]43C)[C@H]12. The molecule has 0 saturated heterocycles. The molecule has 5 fully saturated rings. The van der Waals surface area contributed by atoms with Gasteiger partial charge in [0.1, 0.15) is 11.9 Å². The first kappa shape index (κ1) is 43.5. The predicted octanol–water partition coefficient (Wildman–Crippen LogP) is 11.8. The summed E-state index contributed by atoms with van der Waals surface area (Å²) < 4.78 is 17.5. The second kappa shape index (κ2) is 17.3. The number of unbranched alkanes of at least 4 members (excludes halogenated alkanes) is 4.